The molecule has 8 rings (SSSR count). The third-order valence-electron chi connectivity index (χ3n) is 8.74. The van der Waals surface area contributed by atoms with Gasteiger partial charge in [0.25, 0.3) is 0 Å². The Hall–Kier alpha value is -3.53. The van der Waals surface area contributed by atoms with Crippen LogP contribution >= 0.6 is 0 Å². The zero-order chi connectivity index (χ0) is 23.0. The monoisotopic (exact) mass is 452 g/mol. The smallest absolute Gasteiger partial charge is 0.244 e. The van der Waals surface area contributed by atoms with Crippen LogP contribution in [0.2, 0.25) is 0 Å². The van der Waals surface area contributed by atoms with E-state index < -0.39 is 0 Å². The minimum atomic E-state index is -0.340. The molecule has 1 aromatic carbocycles. The molecule has 4 aliphatic carbocycles. The number of ether oxygens (including phenoxy) is 1. The molecule has 7 heteroatoms. The van der Waals surface area contributed by atoms with Gasteiger partial charge >= 0.3 is 0 Å². The average Bonchev–Trinajstić information content (AvgIpc) is 3.43. The molecule has 0 spiro atoms. The second-order valence-electron chi connectivity index (χ2n) is 10.9. The number of hydrogen-bond acceptors (Lipinski definition) is 5. The highest BCUT2D eigenvalue weighted by Crippen LogP contribution is 2.62. The van der Waals surface area contributed by atoms with Gasteiger partial charge in [-0.3, -0.25) is 5.10 Å². The lowest BCUT2D eigenvalue weighted by atomic mass is 9.48. The van der Waals surface area contributed by atoms with Gasteiger partial charge in [0.15, 0.2) is 0 Å². The van der Waals surface area contributed by atoms with Gasteiger partial charge in [0.1, 0.15) is 11.6 Å². The quantitative estimate of drug-likeness (QED) is 0.605. The molecule has 5 aliphatic rings. The van der Waals surface area contributed by atoms with Crippen molar-refractivity contribution >= 4 is 0 Å². The highest BCUT2D eigenvalue weighted by molar-refractivity contribution is 5.57. The predicted molar refractivity (Wildman–Crippen MR) is 126 cm³/mol. The molecular weight excluding hydrogens is 424 g/mol. The summed E-state index contributed by atoms with van der Waals surface area (Å²) in [5, 5.41) is 22.9. The summed E-state index contributed by atoms with van der Waals surface area (Å²) in [5.41, 5.74) is 11.8. The summed E-state index contributed by atoms with van der Waals surface area (Å²) in [6.45, 7) is 1.98. The Bertz CT molecular complexity index is 1320. The number of para-hydroxylation sites is 1. The number of nitrogens with two attached hydrogens (primary N) is 1. The van der Waals surface area contributed by atoms with Crippen molar-refractivity contribution in [1.82, 2.24) is 20.0 Å². The Kier molecular flexibility index (Phi) is 4.09. The van der Waals surface area contributed by atoms with E-state index in [0.717, 1.165) is 46.0 Å². The standard InChI is InChI=1S/C27H28N6O/c1-15-22-23(20(13-28)25(29)34-26(22)31-30-15)21-14-33(19-5-3-2-4-6-19)32-24(21)27-10-16-7-17(11-27)9-18(8-16)12-27/h2-6,14,16-18,23H,7-12,29H2,1H3,(H,30,31)/t16?,17?,18?,23-,27?/m1/s1. The van der Waals surface area contributed by atoms with Crippen LogP contribution in [0.4, 0.5) is 0 Å². The van der Waals surface area contributed by atoms with E-state index in [-0.39, 0.29) is 17.2 Å². The van der Waals surface area contributed by atoms with E-state index in [1.165, 1.54) is 38.5 Å². The summed E-state index contributed by atoms with van der Waals surface area (Å²) in [6, 6.07) is 12.6. The summed E-state index contributed by atoms with van der Waals surface area (Å²) in [7, 11) is 0. The normalized spacial score (nSPS) is 31.3. The van der Waals surface area contributed by atoms with E-state index in [1.807, 2.05) is 29.8 Å². The summed E-state index contributed by atoms with van der Waals surface area (Å²) in [4.78, 5) is 0. The summed E-state index contributed by atoms with van der Waals surface area (Å²) >= 11 is 0. The molecule has 3 heterocycles. The van der Waals surface area contributed by atoms with Gasteiger partial charge in [-0.05, 0) is 75.3 Å². The second-order valence-corrected chi connectivity index (χ2v) is 10.9. The van der Waals surface area contributed by atoms with E-state index >= 15 is 0 Å². The van der Waals surface area contributed by atoms with Crippen LogP contribution in [0.15, 0.2) is 48.0 Å². The highest BCUT2D eigenvalue weighted by Gasteiger charge is 2.54. The van der Waals surface area contributed by atoms with Crippen molar-refractivity contribution < 1.29 is 4.74 Å². The molecule has 2 aromatic heterocycles. The number of H-pyrrole nitrogens is 1. The van der Waals surface area contributed by atoms with Crippen molar-refractivity contribution in [2.24, 2.45) is 23.5 Å². The fourth-order valence-electron chi connectivity index (χ4n) is 7.83. The molecule has 0 radical (unpaired) electrons. The van der Waals surface area contributed by atoms with Crippen molar-refractivity contribution in [2.45, 2.75) is 56.8 Å². The number of nitrogens with zero attached hydrogens (tertiary/aromatic N) is 4. The molecule has 0 saturated heterocycles. The third kappa shape index (κ3) is 2.74. The van der Waals surface area contributed by atoms with Crippen LogP contribution in [0.25, 0.3) is 5.69 Å². The molecule has 3 N–H and O–H groups in total. The van der Waals surface area contributed by atoms with Gasteiger partial charge < -0.3 is 10.5 Å². The number of rotatable bonds is 3. The summed E-state index contributed by atoms with van der Waals surface area (Å²) in [6.07, 6.45) is 9.81. The third-order valence-corrected chi connectivity index (χ3v) is 8.74. The maximum atomic E-state index is 10.2. The number of aryl methyl sites for hydroxylation is 1. The largest absolute Gasteiger partial charge is 0.420 e. The van der Waals surface area contributed by atoms with Crippen LogP contribution in [-0.2, 0) is 5.41 Å². The number of aromatic nitrogens is 4. The van der Waals surface area contributed by atoms with Gasteiger partial charge in [-0.1, -0.05) is 18.2 Å². The zero-order valence-corrected chi connectivity index (χ0v) is 19.3. The molecule has 4 saturated carbocycles. The number of nitrogens with one attached hydrogen (secondary N) is 1. The van der Waals surface area contributed by atoms with E-state index in [4.69, 9.17) is 15.6 Å². The molecule has 4 fully saturated rings. The Labute approximate surface area is 198 Å². The molecule has 1 atom stereocenters. The zero-order valence-electron chi connectivity index (χ0n) is 19.3. The Morgan fingerprint density at radius 3 is 2.44 bits per heavy atom. The van der Waals surface area contributed by atoms with E-state index in [0.29, 0.717) is 11.5 Å². The average molecular weight is 453 g/mol. The first-order chi connectivity index (χ1) is 16.5. The highest BCUT2D eigenvalue weighted by atomic mass is 16.5. The molecule has 0 amide bonds. The molecular formula is C27H28N6O. The Morgan fingerprint density at radius 1 is 1.12 bits per heavy atom. The number of hydrogen-bond donors (Lipinski definition) is 2. The van der Waals surface area contributed by atoms with Crippen LogP contribution in [0, 0.1) is 36.0 Å². The molecule has 34 heavy (non-hydrogen) atoms. The topological polar surface area (TPSA) is 106 Å². The van der Waals surface area contributed by atoms with Crippen LogP contribution in [0.3, 0.4) is 0 Å². The fourth-order valence-corrected chi connectivity index (χ4v) is 7.83. The maximum absolute atomic E-state index is 10.2. The van der Waals surface area contributed by atoms with Crippen LogP contribution < -0.4 is 10.5 Å². The first-order valence-corrected chi connectivity index (χ1v) is 12.3. The lowest BCUT2D eigenvalue weighted by Crippen LogP contribution is -2.49. The summed E-state index contributed by atoms with van der Waals surface area (Å²) < 4.78 is 7.75. The Morgan fingerprint density at radius 2 is 1.79 bits per heavy atom. The minimum absolute atomic E-state index is 0.0650. The van der Waals surface area contributed by atoms with E-state index in [2.05, 4.69) is 34.6 Å². The lowest BCUT2D eigenvalue weighted by Gasteiger charge is -2.56. The van der Waals surface area contributed by atoms with Crippen molar-refractivity contribution in [3.63, 3.8) is 0 Å². The number of nitriles is 1. The maximum Gasteiger partial charge on any atom is 0.244 e. The fraction of sp³-hybridized carbons (Fsp3) is 0.444. The molecule has 0 unspecified atom stereocenters. The molecule has 3 aromatic rings. The predicted octanol–water partition coefficient (Wildman–Crippen LogP) is 4.59. The molecule has 172 valence electrons. The van der Waals surface area contributed by atoms with E-state index in [9.17, 15) is 5.26 Å². The van der Waals surface area contributed by atoms with E-state index in [1.54, 1.807) is 0 Å². The van der Waals surface area contributed by atoms with Crippen LogP contribution in [-0.4, -0.2) is 20.0 Å². The number of aromatic amines is 1. The van der Waals surface area contributed by atoms with Crippen molar-refractivity contribution in [3.8, 4) is 17.6 Å². The van der Waals surface area contributed by atoms with Gasteiger partial charge in [0, 0.05) is 28.4 Å². The minimum Gasteiger partial charge on any atom is -0.420 e. The first-order valence-electron chi connectivity index (χ1n) is 12.3. The van der Waals surface area contributed by atoms with Crippen molar-refractivity contribution in [3.05, 3.63) is 70.5 Å². The van der Waals surface area contributed by atoms with Gasteiger partial charge in [-0.2, -0.15) is 10.4 Å². The first kappa shape index (κ1) is 19.9. The van der Waals surface area contributed by atoms with Crippen molar-refractivity contribution in [1.29, 1.82) is 5.26 Å². The summed E-state index contributed by atoms with van der Waals surface area (Å²) in [5.74, 6) is 2.63. The second kappa shape index (κ2) is 6.99. The number of allylic oxidation sites excluding steroid dienone is 1. The lowest BCUT2D eigenvalue weighted by molar-refractivity contribution is -0.00778. The molecule has 4 bridgehead atoms. The molecule has 7 nitrogen and oxygen atoms in total. The SMILES string of the molecule is Cc1[nH]nc2c1[C@@H](c1cn(-c3ccccc3)nc1C13CC4CC(CC(C4)C1)C3)C(C#N)=C(N)O2. The van der Waals surface area contributed by atoms with Gasteiger partial charge in [0.05, 0.1) is 17.3 Å². The van der Waals surface area contributed by atoms with Gasteiger partial charge in [-0.15, -0.1) is 5.10 Å². The van der Waals surface area contributed by atoms with Gasteiger partial charge in [-0.25, -0.2) is 4.68 Å². The van der Waals surface area contributed by atoms with Crippen LogP contribution in [0.1, 0.15) is 67.0 Å². The number of fused-ring (bicyclic) bond motifs is 1. The Balaban J connectivity index is 1.47. The van der Waals surface area contributed by atoms with Crippen LogP contribution in [0.5, 0.6) is 5.88 Å². The number of benzene rings is 1. The van der Waals surface area contributed by atoms with Crippen molar-refractivity contribution in [2.75, 3.05) is 0 Å². The molecule has 1 aliphatic heterocycles. The van der Waals surface area contributed by atoms with Gasteiger partial charge in [0.2, 0.25) is 11.8 Å².